The standard InChI is InChI=1S/C18H19FN4O2/c19-15-3-1-2-14(12-15)18(25)21-13-17(24)23-10-8-22(9-11-23)16-4-6-20-7-5-16/h1-7,12H,8-11,13H2,(H,21,25). The fourth-order valence-corrected chi connectivity index (χ4v) is 2.77. The number of hydrogen-bond donors (Lipinski definition) is 1. The highest BCUT2D eigenvalue weighted by molar-refractivity contribution is 5.96. The van der Waals surface area contributed by atoms with E-state index in [1.165, 1.54) is 18.2 Å². The van der Waals surface area contributed by atoms with Crippen molar-refractivity contribution in [3.8, 4) is 0 Å². The number of piperazine rings is 1. The van der Waals surface area contributed by atoms with E-state index < -0.39 is 11.7 Å². The van der Waals surface area contributed by atoms with E-state index in [0.717, 1.165) is 24.8 Å². The Hall–Kier alpha value is -2.96. The molecule has 1 aliphatic rings. The Morgan fingerprint density at radius 2 is 1.80 bits per heavy atom. The molecule has 1 saturated heterocycles. The molecule has 1 aliphatic heterocycles. The van der Waals surface area contributed by atoms with E-state index in [2.05, 4.69) is 15.2 Å². The summed E-state index contributed by atoms with van der Waals surface area (Å²) in [6, 6.07) is 9.27. The number of pyridine rings is 1. The summed E-state index contributed by atoms with van der Waals surface area (Å²) in [5.74, 6) is -1.08. The largest absolute Gasteiger partial charge is 0.368 e. The van der Waals surface area contributed by atoms with Crippen molar-refractivity contribution in [2.75, 3.05) is 37.6 Å². The quantitative estimate of drug-likeness (QED) is 0.910. The van der Waals surface area contributed by atoms with Crippen molar-refractivity contribution in [1.29, 1.82) is 0 Å². The highest BCUT2D eigenvalue weighted by Crippen LogP contribution is 2.14. The van der Waals surface area contributed by atoms with E-state index in [9.17, 15) is 14.0 Å². The van der Waals surface area contributed by atoms with Gasteiger partial charge in [0, 0.05) is 49.8 Å². The molecule has 2 aromatic rings. The number of rotatable bonds is 4. The fraction of sp³-hybridized carbons (Fsp3) is 0.278. The molecule has 0 saturated carbocycles. The molecule has 1 fully saturated rings. The highest BCUT2D eigenvalue weighted by atomic mass is 19.1. The normalized spacial score (nSPS) is 14.3. The number of anilines is 1. The predicted molar refractivity (Wildman–Crippen MR) is 91.8 cm³/mol. The van der Waals surface area contributed by atoms with Crippen LogP contribution in [-0.2, 0) is 4.79 Å². The monoisotopic (exact) mass is 342 g/mol. The Morgan fingerprint density at radius 3 is 2.48 bits per heavy atom. The van der Waals surface area contributed by atoms with Gasteiger partial charge >= 0.3 is 0 Å². The van der Waals surface area contributed by atoms with Crippen molar-refractivity contribution < 1.29 is 14.0 Å². The number of amides is 2. The number of hydrogen-bond acceptors (Lipinski definition) is 4. The second-order valence-corrected chi connectivity index (χ2v) is 5.77. The Kier molecular flexibility index (Phi) is 5.23. The van der Waals surface area contributed by atoms with E-state index in [4.69, 9.17) is 0 Å². The van der Waals surface area contributed by atoms with Crippen molar-refractivity contribution in [1.82, 2.24) is 15.2 Å². The molecule has 0 aliphatic carbocycles. The van der Waals surface area contributed by atoms with Gasteiger partial charge in [0.05, 0.1) is 6.54 Å². The summed E-state index contributed by atoms with van der Waals surface area (Å²) in [7, 11) is 0. The summed E-state index contributed by atoms with van der Waals surface area (Å²) in [5.41, 5.74) is 1.29. The maximum Gasteiger partial charge on any atom is 0.251 e. The number of nitrogens with zero attached hydrogens (tertiary/aromatic N) is 3. The van der Waals surface area contributed by atoms with Crippen LogP contribution >= 0.6 is 0 Å². The molecule has 1 aromatic heterocycles. The van der Waals surface area contributed by atoms with Crippen LogP contribution in [0.25, 0.3) is 0 Å². The van der Waals surface area contributed by atoms with Crippen LogP contribution in [0.15, 0.2) is 48.8 Å². The zero-order valence-electron chi connectivity index (χ0n) is 13.7. The van der Waals surface area contributed by atoms with Gasteiger partial charge in [0.2, 0.25) is 5.91 Å². The Balaban J connectivity index is 1.47. The van der Waals surface area contributed by atoms with Crippen LogP contribution in [0, 0.1) is 5.82 Å². The van der Waals surface area contributed by atoms with Crippen LogP contribution in [0.4, 0.5) is 10.1 Å². The molecule has 130 valence electrons. The molecule has 0 radical (unpaired) electrons. The summed E-state index contributed by atoms with van der Waals surface area (Å²) in [4.78, 5) is 32.1. The topological polar surface area (TPSA) is 65.5 Å². The van der Waals surface area contributed by atoms with Crippen molar-refractivity contribution in [2.45, 2.75) is 0 Å². The number of carbonyl (C=O) groups excluding carboxylic acids is 2. The van der Waals surface area contributed by atoms with Crippen LogP contribution in [0.3, 0.4) is 0 Å². The van der Waals surface area contributed by atoms with Crippen molar-refractivity contribution in [3.05, 3.63) is 60.2 Å². The summed E-state index contributed by atoms with van der Waals surface area (Å²) in [6.45, 7) is 2.56. The number of benzene rings is 1. The average molecular weight is 342 g/mol. The van der Waals surface area contributed by atoms with E-state index >= 15 is 0 Å². The molecule has 6 nitrogen and oxygen atoms in total. The Bertz CT molecular complexity index is 746. The first-order valence-electron chi connectivity index (χ1n) is 8.10. The van der Waals surface area contributed by atoms with Gasteiger partial charge < -0.3 is 15.1 Å². The zero-order chi connectivity index (χ0) is 17.6. The first-order chi connectivity index (χ1) is 12.1. The summed E-state index contributed by atoms with van der Waals surface area (Å²) < 4.78 is 13.1. The average Bonchev–Trinajstić information content (AvgIpc) is 2.66. The van der Waals surface area contributed by atoms with Crippen molar-refractivity contribution in [2.24, 2.45) is 0 Å². The highest BCUT2D eigenvalue weighted by Gasteiger charge is 2.21. The molecule has 0 unspecified atom stereocenters. The Morgan fingerprint density at radius 1 is 1.08 bits per heavy atom. The molecule has 1 N–H and O–H groups in total. The third kappa shape index (κ3) is 4.32. The Labute approximate surface area is 145 Å². The summed E-state index contributed by atoms with van der Waals surface area (Å²) in [6.07, 6.45) is 3.49. The molecule has 1 aromatic carbocycles. The molecular weight excluding hydrogens is 323 g/mol. The lowest BCUT2D eigenvalue weighted by molar-refractivity contribution is -0.130. The van der Waals surface area contributed by atoms with Crippen molar-refractivity contribution >= 4 is 17.5 Å². The first-order valence-corrected chi connectivity index (χ1v) is 8.10. The number of carbonyl (C=O) groups is 2. The molecule has 2 amide bonds. The molecule has 0 spiro atoms. The zero-order valence-corrected chi connectivity index (χ0v) is 13.7. The minimum absolute atomic E-state index is 0.0927. The van der Waals surface area contributed by atoms with Gasteiger partial charge in [-0.2, -0.15) is 0 Å². The van der Waals surface area contributed by atoms with Gasteiger partial charge in [0.15, 0.2) is 0 Å². The molecule has 0 bridgehead atoms. The number of nitrogens with one attached hydrogen (secondary N) is 1. The molecule has 7 heteroatoms. The third-order valence-electron chi connectivity index (χ3n) is 4.15. The minimum atomic E-state index is -0.480. The maximum absolute atomic E-state index is 13.1. The number of aromatic nitrogens is 1. The predicted octanol–water partition coefficient (Wildman–Crippen LogP) is 1.30. The van der Waals surface area contributed by atoms with Gasteiger partial charge in [-0.3, -0.25) is 14.6 Å². The number of halogens is 1. The van der Waals surface area contributed by atoms with Gasteiger partial charge in [0.1, 0.15) is 5.82 Å². The summed E-state index contributed by atoms with van der Waals surface area (Å²) >= 11 is 0. The maximum atomic E-state index is 13.1. The van der Waals surface area contributed by atoms with Crippen LogP contribution in [-0.4, -0.2) is 54.4 Å². The van der Waals surface area contributed by atoms with Gasteiger partial charge in [-0.05, 0) is 30.3 Å². The molecule has 2 heterocycles. The third-order valence-corrected chi connectivity index (χ3v) is 4.15. The van der Waals surface area contributed by atoms with E-state index in [0.29, 0.717) is 13.1 Å². The second-order valence-electron chi connectivity index (χ2n) is 5.77. The second kappa shape index (κ2) is 7.74. The molecule has 25 heavy (non-hydrogen) atoms. The summed E-state index contributed by atoms with van der Waals surface area (Å²) in [5, 5.41) is 2.55. The van der Waals surface area contributed by atoms with Crippen LogP contribution < -0.4 is 10.2 Å². The first kappa shape index (κ1) is 16.9. The minimum Gasteiger partial charge on any atom is -0.368 e. The van der Waals surface area contributed by atoms with Crippen molar-refractivity contribution in [3.63, 3.8) is 0 Å². The van der Waals surface area contributed by atoms with Gasteiger partial charge in [0.25, 0.3) is 5.91 Å². The van der Waals surface area contributed by atoms with Gasteiger partial charge in [-0.25, -0.2) is 4.39 Å². The van der Waals surface area contributed by atoms with Crippen LogP contribution in [0.5, 0.6) is 0 Å². The van der Waals surface area contributed by atoms with E-state index in [1.54, 1.807) is 17.3 Å². The lowest BCUT2D eigenvalue weighted by Gasteiger charge is -2.36. The fourth-order valence-electron chi connectivity index (χ4n) is 2.77. The van der Waals surface area contributed by atoms with Crippen LogP contribution in [0.2, 0.25) is 0 Å². The van der Waals surface area contributed by atoms with Gasteiger partial charge in [-0.1, -0.05) is 6.07 Å². The lowest BCUT2D eigenvalue weighted by Crippen LogP contribution is -2.51. The van der Waals surface area contributed by atoms with Crippen LogP contribution in [0.1, 0.15) is 10.4 Å². The SMILES string of the molecule is O=C(NCC(=O)N1CCN(c2ccncc2)CC1)c1cccc(F)c1. The lowest BCUT2D eigenvalue weighted by atomic mass is 10.2. The van der Waals surface area contributed by atoms with Gasteiger partial charge in [-0.15, -0.1) is 0 Å². The molecular formula is C18H19FN4O2. The molecule has 3 rings (SSSR count). The smallest absolute Gasteiger partial charge is 0.251 e. The molecule has 0 atom stereocenters. The van der Waals surface area contributed by atoms with E-state index in [-0.39, 0.29) is 18.0 Å². The van der Waals surface area contributed by atoms with E-state index in [1.807, 2.05) is 12.1 Å².